The van der Waals surface area contributed by atoms with Crippen LogP contribution >= 0.6 is 0 Å². The van der Waals surface area contributed by atoms with Crippen LogP contribution in [0.25, 0.3) is 0 Å². The highest BCUT2D eigenvalue weighted by Gasteiger charge is 2.50. The molecule has 0 aromatic heterocycles. The largest absolute Gasteiger partial charge is 0.454 e. The Hall–Kier alpha value is -1.91. The van der Waals surface area contributed by atoms with Gasteiger partial charge in [0.1, 0.15) is 6.10 Å². The summed E-state index contributed by atoms with van der Waals surface area (Å²) in [4.78, 5) is 11.5. The molecule has 180 valence electrons. The van der Waals surface area contributed by atoms with E-state index >= 15 is 0 Å². The van der Waals surface area contributed by atoms with Gasteiger partial charge in [-0.3, -0.25) is 0 Å². The molecule has 1 saturated heterocycles. The van der Waals surface area contributed by atoms with Crippen molar-refractivity contribution >= 4 is 5.97 Å². The van der Waals surface area contributed by atoms with Crippen molar-refractivity contribution in [1.82, 2.24) is 0 Å². The lowest BCUT2D eigenvalue weighted by molar-refractivity contribution is -0.137. The van der Waals surface area contributed by atoms with E-state index in [1.807, 2.05) is 6.08 Å². The minimum Gasteiger partial charge on any atom is -0.454 e. The van der Waals surface area contributed by atoms with Gasteiger partial charge >= 0.3 is 5.97 Å². The van der Waals surface area contributed by atoms with Gasteiger partial charge in [0.05, 0.1) is 12.2 Å². The molecule has 1 unspecified atom stereocenters. The Morgan fingerprint density at radius 2 is 2.00 bits per heavy atom. The summed E-state index contributed by atoms with van der Waals surface area (Å²) >= 11 is 0. The second-order valence-corrected chi connectivity index (χ2v) is 11.1. The normalized spacial score (nSPS) is 40.6. The van der Waals surface area contributed by atoms with E-state index in [0.29, 0.717) is 48.0 Å². The highest BCUT2D eigenvalue weighted by atomic mass is 16.5. The molecule has 3 aliphatic carbocycles. The minimum atomic E-state index is -0.634. The van der Waals surface area contributed by atoms with Gasteiger partial charge in [-0.15, -0.1) is 0 Å². The molecule has 2 N–H and O–H groups in total. The van der Waals surface area contributed by atoms with E-state index in [0.717, 1.165) is 24.0 Å². The lowest BCUT2D eigenvalue weighted by Crippen LogP contribution is -2.35. The highest BCUT2D eigenvalue weighted by molar-refractivity contribution is 5.90. The molecule has 7 atom stereocenters. The second kappa shape index (κ2) is 9.76. The molecule has 0 amide bonds. The molecule has 4 aliphatic rings. The SMILES string of the molecule is C=C1CC(/C=C/C[C@@H](C)[C@H]2CC[C@H]3/C(=C/C=C4/C[C@@H](O)C[C@H](O)C4=C)CCC[C@]23C)OC1=O. The average molecular weight is 453 g/mol. The zero-order chi connectivity index (χ0) is 23.8. The zero-order valence-electron chi connectivity index (χ0n) is 20.3. The van der Waals surface area contributed by atoms with Crippen LogP contribution in [0.2, 0.25) is 0 Å². The van der Waals surface area contributed by atoms with Gasteiger partial charge in [0.15, 0.2) is 0 Å². The number of carbonyl (C=O) groups excluding carboxylic acids is 1. The summed E-state index contributed by atoms with van der Waals surface area (Å²) in [7, 11) is 0. The molecule has 4 rings (SSSR count). The number of cyclic esters (lactones) is 1. The average Bonchev–Trinajstić information content (AvgIpc) is 3.28. The van der Waals surface area contributed by atoms with Gasteiger partial charge in [-0.2, -0.15) is 0 Å². The maximum Gasteiger partial charge on any atom is 0.334 e. The van der Waals surface area contributed by atoms with Crippen molar-refractivity contribution in [3.63, 3.8) is 0 Å². The van der Waals surface area contributed by atoms with Gasteiger partial charge in [0.2, 0.25) is 0 Å². The predicted octanol–water partition coefficient (Wildman–Crippen LogP) is 5.58. The Balaban J connectivity index is 1.42. The first kappa shape index (κ1) is 24.2. The van der Waals surface area contributed by atoms with Crippen molar-refractivity contribution in [2.24, 2.45) is 23.2 Å². The Morgan fingerprint density at radius 3 is 2.73 bits per heavy atom. The number of aliphatic hydroxyl groups excluding tert-OH is 2. The highest BCUT2D eigenvalue weighted by Crippen LogP contribution is 2.59. The van der Waals surface area contributed by atoms with E-state index in [1.165, 1.54) is 31.3 Å². The molecule has 4 nitrogen and oxygen atoms in total. The number of allylic oxidation sites excluding steroid dienone is 4. The van der Waals surface area contributed by atoms with Crippen molar-refractivity contribution < 1.29 is 19.7 Å². The fraction of sp³-hybridized carbons (Fsp3) is 0.621. The smallest absolute Gasteiger partial charge is 0.334 e. The van der Waals surface area contributed by atoms with E-state index in [4.69, 9.17) is 4.74 Å². The monoisotopic (exact) mass is 452 g/mol. The first-order valence-electron chi connectivity index (χ1n) is 12.7. The number of esters is 1. The number of hydrogen-bond donors (Lipinski definition) is 2. The van der Waals surface area contributed by atoms with Crippen molar-refractivity contribution in [2.45, 2.75) is 89.9 Å². The third-order valence-corrected chi connectivity index (χ3v) is 8.84. The molecule has 1 heterocycles. The maximum absolute atomic E-state index is 11.5. The summed E-state index contributed by atoms with van der Waals surface area (Å²) in [6, 6.07) is 0. The van der Waals surface area contributed by atoms with Crippen LogP contribution in [-0.2, 0) is 9.53 Å². The first-order chi connectivity index (χ1) is 15.7. The topological polar surface area (TPSA) is 66.8 Å². The Labute approximate surface area is 198 Å². The molecule has 0 spiro atoms. The number of carbonyl (C=O) groups is 1. The van der Waals surface area contributed by atoms with Crippen LogP contribution in [0.5, 0.6) is 0 Å². The van der Waals surface area contributed by atoms with E-state index in [2.05, 4.69) is 45.2 Å². The molecule has 1 aliphatic heterocycles. The summed E-state index contributed by atoms with van der Waals surface area (Å²) in [6.45, 7) is 12.7. The van der Waals surface area contributed by atoms with Gasteiger partial charge in [-0.1, -0.05) is 50.8 Å². The Kier molecular flexibility index (Phi) is 7.16. The molecule has 4 fully saturated rings. The minimum absolute atomic E-state index is 0.145. The van der Waals surface area contributed by atoms with Gasteiger partial charge in [-0.25, -0.2) is 4.79 Å². The Bertz CT molecular complexity index is 877. The maximum atomic E-state index is 11.5. The summed E-state index contributed by atoms with van der Waals surface area (Å²) in [5, 5.41) is 20.2. The predicted molar refractivity (Wildman–Crippen MR) is 131 cm³/mol. The van der Waals surface area contributed by atoms with Gasteiger partial charge < -0.3 is 14.9 Å². The quantitative estimate of drug-likeness (QED) is 0.325. The van der Waals surface area contributed by atoms with Crippen molar-refractivity contribution in [3.8, 4) is 0 Å². The van der Waals surface area contributed by atoms with E-state index in [1.54, 1.807) is 0 Å². The molecule has 0 aromatic carbocycles. The number of ether oxygens (including phenoxy) is 1. The lowest BCUT2D eigenvalue weighted by atomic mass is 9.61. The summed E-state index contributed by atoms with van der Waals surface area (Å²) in [6.07, 6.45) is 16.1. The van der Waals surface area contributed by atoms with Gasteiger partial charge in [-0.05, 0) is 85.3 Å². The third kappa shape index (κ3) is 4.97. The van der Waals surface area contributed by atoms with E-state index in [-0.39, 0.29) is 12.1 Å². The van der Waals surface area contributed by atoms with Crippen LogP contribution in [0.3, 0.4) is 0 Å². The number of rotatable bonds is 5. The fourth-order valence-corrected chi connectivity index (χ4v) is 6.98. The third-order valence-electron chi connectivity index (χ3n) is 8.84. The Morgan fingerprint density at radius 1 is 1.21 bits per heavy atom. The molecule has 0 aromatic rings. The molecule has 3 saturated carbocycles. The second-order valence-electron chi connectivity index (χ2n) is 11.1. The molecule has 0 radical (unpaired) electrons. The van der Waals surface area contributed by atoms with E-state index in [9.17, 15) is 15.0 Å². The van der Waals surface area contributed by atoms with Crippen LogP contribution in [0.15, 0.2) is 59.8 Å². The number of hydrogen-bond acceptors (Lipinski definition) is 4. The van der Waals surface area contributed by atoms with Crippen molar-refractivity contribution in [3.05, 3.63) is 59.8 Å². The van der Waals surface area contributed by atoms with Crippen LogP contribution in [-0.4, -0.2) is 34.5 Å². The standard InChI is InChI=1S/C29H40O4/c1-18(7-5-9-24-15-19(2)28(32)33-24)25-12-13-26-21(8-6-14-29(25,26)4)10-11-22-16-23(30)17-27(31)20(22)3/h5,9-11,18,23-27,30-31H,2-3,6-8,12-17H2,1,4H3/b9-5+,21-10+,22-11-/t18-,23-,24?,25-,26+,27+,29-/m1/s1. The lowest BCUT2D eigenvalue weighted by Gasteiger charge is -2.44. The van der Waals surface area contributed by atoms with Gasteiger partial charge in [0.25, 0.3) is 0 Å². The fourth-order valence-electron chi connectivity index (χ4n) is 6.98. The first-order valence-corrected chi connectivity index (χ1v) is 12.7. The van der Waals surface area contributed by atoms with Gasteiger partial charge in [0, 0.05) is 18.4 Å². The molecule has 33 heavy (non-hydrogen) atoms. The van der Waals surface area contributed by atoms with Crippen molar-refractivity contribution in [1.29, 1.82) is 0 Å². The van der Waals surface area contributed by atoms with Crippen LogP contribution in [0.4, 0.5) is 0 Å². The molecule has 4 heteroatoms. The zero-order valence-corrected chi connectivity index (χ0v) is 20.3. The van der Waals surface area contributed by atoms with Crippen LogP contribution in [0, 0.1) is 23.2 Å². The summed E-state index contributed by atoms with van der Waals surface area (Å²) in [5.74, 6) is 1.60. The number of aliphatic hydroxyl groups is 2. The van der Waals surface area contributed by atoms with E-state index < -0.39 is 12.2 Å². The van der Waals surface area contributed by atoms with Crippen LogP contribution < -0.4 is 0 Å². The number of fused-ring (bicyclic) bond motifs is 1. The molecular formula is C29H40O4. The summed E-state index contributed by atoms with van der Waals surface area (Å²) in [5.41, 5.74) is 4.16. The summed E-state index contributed by atoms with van der Waals surface area (Å²) < 4.78 is 5.32. The molecular weight excluding hydrogens is 412 g/mol. The van der Waals surface area contributed by atoms with Crippen LogP contribution in [0.1, 0.15) is 71.6 Å². The van der Waals surface area contributed by atoms with Crippen molar-refractivity contribution in [2.75, 3.05) is 0 Å². The molecule has 0 bridgehead atoms.